The van der Waals surface area contributed by atoms with Crippen molar-refractivity contribution in [3.63, 3.8) is 0 Å². The minimum atomic E-state index is -0.179. The number of rotatable bonds is 6. The second kappa shape index (κ2) is 7.59. The summed E-state index contributed by atoms with van der Waals surface area (Å²) >= 11 is 6.07. The van der Waals surface area contributed by atoms with Crippen LogP contribution in [0.2, 0.25) is 5.02 Å². The summed E-state index contributed by atoms with van der Waals surface area (Å²) in [7, 11) is 0. The summed E-state index contributed by atoms with van der Waals surface area (Å²) in [6.07, 6.45) is 5.75. The van der Waals surface area contributed by atoms with Crippen molar-refractivity contribution in [3.05, 3.63) is 52.9 Å². The summed E-state index contributed by atoms with van der Waals surface area (Å²) in [5.41, 5.74) is 1.58. The fourth-order valence-electron chi connectivity index (χ4n) is 1.83. The van der Waals surface area contributed by atoms with E-state index in [4.69, 9.17) is 11.6 Å². The maximum absolute atomic E-state index is 12.0. The predicted molar refractivity (Wildman–Crippen MR) is 83.7 cm³/mol. The van der Waals surface area contributed by atoms with Crippen LogP contribution >= 0.6 is 11.6 Å². The lowest BCUT2D eigenvalue weighted by Gasteiger charge is -2.08. The van der Waals surface area contributed by atoms with Gasteiger partial charge >= 0.3 is 0 Å². The molecule has 110 valence electrons. The van der Waals surface area contributed by atoms with Gasteiger partial charge in [-0.2, -0.15) is 0 Å². The van der Waals surface area contributed by atoms with Gasteiger partial charge in [0.25, 0.3) is 5.91 Å². The van der Waals surface area contributed by atoms with Gasteiger partial charge in [0.2, 0.25) is 0 Å². The lowest BCUT2D eigenvalue weighted by molar-refractivity contribution is 0.0954. The molecule has 0 aromatic carbocycles. The Morgan fingerprint density at radius 3 is 2.76 bits per heavy atom. The summed E-state index contributed by atoms with van der Waals surface area (Å²) in [6, 6.07) is 5.47. The van der Waals surface area contributed by atoms with Crippen LogP contribution in [0.25, 0.3) is 0 Å². The van der Waals surface area contributed by atoms with Crippen molar-refractivity contribution >= 4 is 23.3 Å². The number of carbonyl (C=O) groups excluding carboxylic acids is 1. The lowest BCUT2D eigenvalue weighted by Crippen LogP contribution is -2.25. The zero-order valence-corrected chi connectivity index (χ0v) is 12.5. The standard InChI is InChI=1S/C15H17ClN4O/c1-2-18-14-13(16)9-12(10-20-14)15(21)19-8-5-11-3-6-17-7-4-11/h3-4,6-7,9-10H,2,5,8H2,1H3,(H,18,20)(H,19,21). The summed E-state index contributed by atoms with van der Waals surface area (Å²) in [4.78, 5) is 20.1. The Kier molecular flexibility index (Phi) is 5.51. The van der Waals surface area contributed by atoms with Crippen LogP contribution in [0.5, 0.6) is 0 Å². The van der Waals surface area contributed by atoms with Gasteiger partial charge in [0.1, 0.15) is 5.82 Å². The Bertz CT molecular complexity index is 604. The number of anilines is 1. The van der Waals surface area contributed by atoms with Gasteiger partial charge in [-0.05, 0) is 37.1 Å². The second-order valence-electron chi connectivity index (χ2n) is 4.45. The molecule has 21 heavy (non-hydrogen) atoms. The molecule has 2 aromatic rings. The third-order valence-corrected chi connectivity index (χ3v) is 3.18. The Balaban J connectivity index is 1.90. The van der Waals surface area contributed by atoms with Crippen molar-refractivity contribution in [2.24, 2.45) is 0 Å². The van der Waals surface area contributed by atoms with E-state index in [2.05, 4.69) is 20.6 Å². The number of aromatic nitrogens is 2. The SMILES string of the molecule is CCNc1ncc(C(=O)NCCc2ccncc2)cc1Cl. The number of nitrogens with one attached hydrogen (secondary N) is 2. The van der Waals surface area contributed by atoms with Gasteiger partial charge in [-0.3, -0.25) is 9.78 Å². The van der Waals surface area contributed by atoms with E-state index in [0.29, 0.717) is 22.9 Å². The van der Waals surface area contributed by atoms with Crippen LogP contribution in [0, 0.1) is 0 Å². The van der Waals surface area contributed by atoms with E-state index in [0.717, 1.165) is 18.5 Å². The van der Waals surface area contributed by atoms with E-state index in [1.165, 1.54) is 6.20 Å². The van der Waals surface area contributed by atoms with Gasteiger partial charge < -0.3 is 10.6 Å². The molecule has 0 aliphatic heterocycles. The first-order chi connectivity index (χ1) is 10.2. The lowest BCUT2D eigenvalue weighted by atomic mass is 10.2. The highest BCUT2D eigenvalue weighted by atomic mass is 35.5. The molecule has 2 rings (SSSR count). The maximum atomic E-state index is 12.0. The zero-order chi connectivity index (χ0) is 15.1. The summed E-state index contributed by atoms with van der Waals surface area (Å²) in [6.45, 7) is 3.23. The van der Waals surface area contributed by atoms with Gasteiger partial charge in [0.15, 0.2) is 0 Å². The Labute approximate surface area is 128 Å². The first-order valence-corrected chi connectivity index (χ1v) is 7.15. The minimum absolute atomic E-state index is 0.179. The molecule has 2 heterocycles. The predicted octanol–water partition coefficient (Wildman–Crippen LogP) is 2.53. The molecular weight excluding hydrogens is 288 g/mol. The van der Waals surface area contributed by atoms with E-state index in [1.54, 1.807) is 18.5 Å². The van der Waals surface area contributed by atoms with Gasteiger partial charge in [-0.25, -0.2) is 4.98 Å². The molecule has 2 N–H and O–H groups in total. The molecule has 2 aromatic heterocycles. The van der Waals surface area contributed by atoms with E-state index in [1.807, 2.05) is 19.1 Å². The summed E-state index contributed by atoms with van der Waals surface area (Å²) in [5, 5.41) is 6.32. The van der Waals surface area contributed by atoms with Crippen LogP contribution in [-0.2, 0) is 6.42 Å². The summed E-state index contributed by atoms with van der Waals surface area (Å²) < 4.78 is 0. The number of hydrogen-bond donors (Lipinski definition) is 2. The van der Waals surface area contributed by atoms with Crippen molar-refractivity contribution in [1.29, 1.82) is 0 Å². The molecule has 0 fully saturated rings. The van der Waals surface area contributed by atoms with Crippen molar-refractivity contribution in [2.75, 3.05) is 18.4 Å². The largest absolute Gasteiger partial charge is 0.369 e. The molecule has 1 amide bonds. The molecule has 5 nitrogen and oxygen atoms in total. The fraction of sp³-hybridized carbons (Fsp3) is 0.267. The molecular formula is C15H17ClN4O. The molecule has 0 saturated carbocycles. The van der Waals surface area contributed by atoms with Crippen LogP contribution in [-0.4, -0.2) is 29.0 Å². The average Bonchev–Trinajstić information content (AvgIpc) is 2.50. The van der Waals surface area contributed by atoms with Gasteiger partial charge in [0, 0.05) is 31.7 Å². The van der Waals surface area contributed by atoms with Gasteiger partial charge in [-0.15, -0.1) is 0 Å². The summed E-state index contributed by atoms with van der Waals surface area (Å²) in [5.74, 6) is 0.411. The highest BCUT2D eigenvalue weighted by Crippen LogP contribution is 2.19. The monoisotopic (exact) mass is 304 g/mol. The normalized spacial score (nSPS) is 10.2. The minimum Gasteiger partial charge on any atom is -0.369 e. The molecule has 0 unspecified atom stereocenters. The molecule has 0 radical (unpaired) electrons. The third kappa shape index (κ3) is 4.43. The highest BCUT2D eigenvalue weighted by molar-refractivity contribution is 6.33. The molecule has 0 spiro atoms. The molecule has 6 heteroatoms. The number of halogens is 1. The van der Waals surface area contributed by atoms with Crippen molar-refractivity contribution in [3.8, 4) is 0 Å². The number of amides is 1. The van der Waals surface area contributed by atoms with E-state index >= 15 is 0 Å². The first-order valence-electron chi connectivity index (χ1n) is 6.77. The van der Waals surface area contributed by atoms with E-state index in [9.17, 15) is 4.79 Å². The Hall–Kier alpha value is -2.14. The Morgan fingerprint density at radius 2 is 2.10 bits per heavy atom. The van der Waals surface area contributed by atoms with Crippen LogP contribution in [0.3, 0.4) is 0 Å². The van der Waals surface area contributed by atoms with Crippen molar-refractivity contribution in [2.45, 2.75) is 13.3 Å². The Morgan fingerprint density at radius 1 is 1.33 bits per heavy atom. The maximum Gasteiger partial charge on any atom is 0.252 e. The zero-order valence-electron chi connectivity index (χ0n) is 11.8. The van der Waals surface area contributed by atoms with Gasteiger partial charge in [-0.1, -0.05) is 11.6 Å². The number of carbonyl (C=O) groups is 1. The first kappa shape index (κ1) is 15.3. The number of hydrogen-bond acceptors (Lipinski definition) is 4. The van der Waals surface area contributed by atoms with Crippen LogP contribution in [0.4, 0.5) is 5.82 Å². The quantitative estimate of drug-likeness (QED) is 0.860. The van der Waals surface area contributed by atoms with Crippen molar-refractivity contribution < 1.29 is 4.79 Å². The number of nitrogens with zero attached hydrogens (tertiary/aromatic N) is 2. The van der Waals surface area contributed by atoms with Crippen molar-refractivity contribution in [1.82, 2.24) is 15.3 Å². The smallest absolute Gasteiger partial charge is 0.252 e. The van der Waals surface area contributed by atoms with E-state index < -0.39 is 0 Å². The fourth-order valence-corrected chi connectivity index (χ4v) is 2.06. The topological polar surface area (TPSA) is 66.9 Å². The molecule has 0 saturated heterocycles. The highest BCUT2D eigenvalue weighted by Gasteiger charge is 2.09. The van der Waals surface area contributed by atoms with Crippen LogP contribution in [0.1, 0.15) is 22.8 Å². The molecule has 0 aliphatic carbocycles. The third-order valence-electron chi connectivity index (χ3n) is 2.90. The molecule has 0 bridgehead atoms. The number of pyridine rings is 2. The van der Waals surface area contributed by atoms with Crippen LogP contribution in [0.15, 0.2) is 36.8 Å². The van der Waals surface area contributed by atoms with Gasteiger partial charge in [0.05, 0.1) is 10.6 Å². The molecule has 0 aliphatic rings. The molecule has 0 atom stereocenters. The van der Waals surface area contributed by atoms with Crippen LogP contribution < -0.4 is 10.6 Å². The second-order valence-corrected chi connectivity index (χ2v) is 4.85. The van der Waals surface area contributed by atoms with E-state index in [-0.39, 0.29) is 5.91 Å². The average molecular weight is 305 g/mol.